The highest BCUT2D eigenvalue weighted by Gasteiger charge is 2.10. The van der Waals surface area contributed by atoms with Crippen molar-refractivity contribution in [3.05, 3.63) is 0 Å². The van der Waals surface area contributed by atoms with Crippen LogP contribution in [0.4, 0.5) is 0 Å². The van der Waals surface area contributed by atoms with Gasteiger partial charge in [-0.25, -0.2) is 0 Å². The van der Waals surface area contributed by atoms with Crippen molar-refractivity contribution in [2.75, 3.05) is 20.5 Å². The van der Waals surface area contributed by atoms with Gasteiger partial charge in [-0.15, -0.1) is 4.28 Å². The molecule has 6 nitrogen and oxygen atoms in total. The number of hydrogen-bond acceptors (Lipinski definition) is 6. The molecule has 0 aromatic carbocycles. The van der Waals surface area contributed by atoms with Gasteiger partial charge in [0.1, 0.15) is 0 Å². The fraction of sp³-hybridized carbons (Fsp3) is 1.00. The lowest BCUT2D eigenvalue weighted by molar-refractivity contribution is -0.472. The maximum Gasteiger partial charge on any atom is 0.284 e. The van der Waals surface area contributed by atoms with Crippen molar-refractivity contribution in [3.8, 4) is 0 Å². The zero-order chi connectivity index (χ0) is 8.20. The minimum Gasteiger partial charge on any atom is -0.253 e. The first kappa shape index (κ1) is 9.79. The highest BCUT2D eigenvalue weighted by atomic mass is 32.2. The van der Waals surface area contributed by atoms with E-state index in [2.05, 4.69) is 14.0 Å². The molecule has 0 heterocycles. The Bertz CT molecular complexity index is 171. The first-order valence-corrected chi connectivity index (χ1v) is 4.09. The van der Waals surface area contributed by atoms with Crippen molar-refractivity contribution in [2.24, 2.45) is 0 Å². The summed E-state index contributed by atoms with van der Waals surface area (Å²) >= 11 is 0. The van der Waals surface area contributed by atoms with Gasteiger partial charge in [0.25, 0.3) is 10.1 Å². The van der Waals surface area contributed by atoms with E-state index in [1.807, 2.05) is 0 Å². The molecule has 0 rings (SSSR count). The van der Waals surface area contributed by atoms with Crippen molar-refractivity contribution in [2.45, 2.75) is 0 Å². The molecule has 0 unspecified atom stereocenters. The van der Waals surface area contributed by atoms with Crippen LogP contribution in [0.1, 0.15) is 0 Å². The van der Waals surface area contributed by atoms with E-state index in [0.29, 0.717) is 5.39 Å². The smallest absolute Gasteiger partial charge is 0.253 e. The van der Waals surface area contributed by atoms with E-state index in [-0.39, 0.29) is 0 Å². The predicted molar refractivity (Wildman–Crippen MR) is 31.8 cm³/mol. The summed E-state index contributed by atoms with van der Waals surface area (Å²) in [4.78, 5) is 8.57. The Labute approximate surface area is 59.3 Å². The van der Waals surface area contributed by atoms with Gasteiger partial charge in [-0.2, -0.15) is 8.42 Å². The van der Waals surface area contributed by atoms with Gasteiger partial charge >= 0.3 is 0 Å². The van der Waals surface area contributed by atoms with Gasteiger partial charge in [0.2, 0.25) is 0 Å². The monoisotopic (exact) mass is 171 g/mol. The predicted octanol–water partition coefficient (Wildman–Crippen LogP) is -0.698. The fourth-order valence-electron chi connectivity index (χ4n) is 0.246. The van der Waals surface area contributed by atoms with Crippen LogP contribution in [0.15, 0.2) is 0 Å². The van der Waals surface area contributed by atoms with Crippen LogP contribution in [0.25, 0.3) is 0 Å². The Kier molecular flexibility index (Phi) is 3.76. The minimum atomic E-state index is -3.57. The van der Waals surface area contributed by atoms with Crippen LogP contribution in [0, 0.1) is 0 Å². The largest absolute Gasteiger partial charge is 0.284 e. The third-order valence-electron chi connectivity index (χ3n) is 0.494. The molecule has 0 fully saturated rings. The van der Waals surface area contributed by atoms with Crippen molar-refractivity contribution in [1.29, 1.82) is 0 Å². The summed E-state index contributed by atoms with van der Waals surface area (Å²) in [7, 11) is -1.17. The summed E-state index contributed by atoms with van der Waals surface area (Å²) in [5, 5.41) is 0.370. The molecule has 0 aliphatic carbocycles. The number of hydrogen-bond donors (Lipinski definition) is 0. The molecule has 0 bridgehead atoms. The van der Waals surface area contributed by atoms with E-state index in [1.165, 1.54) is 14.2 Å². The van der Waals surface area contributed by atoms with Gasteiger partial charge in [0, 0.05) is 0 Å². The lowest BCUT2D eigenvalue weighted by Gasteiger charge is -2.11. The normalized spacial score (nSPS) is 12.4. The molecule has 0 aliphatic heterocycles. The summed E-state index contributed by atoms with van der Waals surface area (Å²) < 4.78 is 24.8. The summed E-state index contributed by atoms with van der Waals surface area (Å²) in [6, 6.07) is 0. The zero-order valence-corrected chi connectivity index (χ0v) is 6.71. The van der Waals surface area contributed by atoms with Gasteiger partial charge in [0.15, 0.2) is 0 Å². The summed E-state index contributed by atoms with van der Waals surface area (Å²) in [5.74, 6) is 0. The molecule has 10 heavy (non-hydrogen) atoms. The van der Waals surface area contributed by atoms with Gasteiger partial charge < -0.3 is 0 Å². The molecule has 0 radical (unpaired) electrons. The molecule has 0 aliphatic rings. The topological polar surface area (TPSA) is 65.1 Å². The Morgan fingerprint density at radius 1 is 1.20 bits per heavy atom. The quantitative estimate of drug-likeness (QED) is 0.521. The van der Waals surface area contributed by atoms with Crippen LogP contribution in [0.5, 0.6) is 0 Å². The third kappa shape index (κ3) is 4.65. The summed E-state index contributed by atoms with van der Waals surface area (Å²) in [6.07, 6.45) is 0.873. The molecule has 0 spiro atoms. The van der Waals surface area contributed by atoms with Gasteiger partial charge in [0.05, 0.1) is 25.9 Å². The average Bonchev–Trinajstić information content (AvgIpc) is 1.81. The fourth-order valence-corrected chi connectivity index (χ4v) is 0.589. The second-order valence-electron chi connectivity index (χ2n) is 1.37. The van der Waals surface area contributed by atoms with Crippen molar-refractivity contribution < 1.29 is 22.4 Å². The van der Waals surface area contributed by atoms with Crippen LogP contribution >= 0.6 is 0 Å². The first-order chi connectivity index (χ1) is 4.49. The molecular weight excluding hydrogens is 162 g/mol. The molecule has 0 saturated heterocycles. The molecule has 0 amide bonds. The van der Waals surface area contributed by atoms with Crippen molar-refractivity contribution >= 4 is 10.1 Å². The van der Waals surface area contributed by atoms with Crippen LogP contribution < -0.4 is 0 Å². The molecule has 0 aromatic heterocycles. The summed E-state index contributed by atoms with van der Waals surface area (Å²) in [6.45, 7) is 0. The van der Waals surface area contributed by atoms with Gasteiger partial charge in [-0.1, -0.05) is 0 Å². The molecule has 62 valence electrons. The SMILES string of the molecule is CON(OC)OS(C)(=O)=O. The maximum atomic E-state index is 10.3. The van der Waals surface area contributed by atoms with E-state index in [0.717, 1.165) is 6.26 Å². The average molecular weight is 171 g/mol. The van der Waals surface area contributed by atoms with Crippen LogP contribution in [-0.2, 0) is 24.1 Å². The zero-order valence-electron chi connectivity index (χ0n) is 5.90. The van der Waals surface area contributed by atoms with Crippen molar-refractivity contribution in [3.63, 3.8) is 0 Å². The van der Waals surface area contributed by atoms with E-state index in [9.17, 15) is 8.42 Å². The first-order valence-electron chi connectivity index (χ1n) is 2.27. The molecule has 0 N–H and O–H groups in total. The lowest BCUT2D eigenvalue weighted by atomic mass is 11.7. The van der Waals surface area contributed by atoms with Crippen LogP contribution in [0.3, 0.4) is 0 Å². The number of nitrogens with zero attached hydrogens (tertiary/aromatic N) is 1. The lowest BCUT2D eigenvalue weighted by Crippen LogP contribution is -2.24. The van der Waals surface area contributed by atoms with Crippen LogP contribution in [-0.4, -0.2) is 34.3 Å². The third-order valence-corrected chi connectivity index (χ3v) is 0.887. The summed E-state index contributed by atoms with van der Waals surface area (Å²) in [5.41, 5.74) is 0. The highest BCUT2D eigenvalue weighted by Crippen LogP contribution is 1.94. The highest BCUT2D eigenvalue weighted by molar-refractivity contribution is 7.85. The second-order valence-corrected chi connectivity index (χ2v) is 2.92. The maximum absolute atomic E-state index is 10.3. The Balaban J connectivity index is 3.87. The molecule has 7 heteroatoms. The molecule has 0 aromatic rings. The Morgan fingerprint density at radius 2 is 1.60 bits per heavy atom. The van der Waals surface area contributed by atoms with Crippen LogP contribution in [0.2, 0.25) is 0 Å². The number of rotatable bonds is 4. The standard InChI is InChI=1S/C3H9NO5S/c1-7-4(8-2)9-10(3,5)6/h1-3H3. The Morgan fingerprint density at radius 3 is 1.70 bits per heavy atom. The van der Waals surface area contributed by atoms with E-state index >= 15 is 0 Å². The van der Waals surface area contributed by atoms with E-state index in [1.54, 1.807) is 0 Å². The van der Waals surface area contributed by atoms with E-state index < -0.39 is 10.1 Å². The molecular formula is C3H9NO5S. The van der Waals surface area contributed by atoms with Crippen molar-refractivity contribution in [1.82, 2.24) is 5.39 Å². The molecule has 0 atom stereocenters. The second kappa shape index (κ2) is 3.84. The Hall–Kier alpha value is -0.210. The minimum absolute atomic E-state index is 0.370. The van der Waals surface area contributed by atoms with E-state index in [4.69, 9.17) is 0 Å². The van der Waals surface area contributed by atoms with Gasteiger partial charge in [-0.3, -0.25) is 9.68 Å². The molecule has 0 saturated carbocycles. The van der Waals surface area contributed by atoms with Gasteiger partial charge in [-0.05, 0) is 0 Å².